The van der Waals surface area contributed by atoms with Gasteiger partial charge in [0.1, 0.15) is 11.8 Å². The van der Waals surface area contributed by atoms with Crippen molar-refractivity contribution in [2.45, 2.75) is 77.2 Å². The number of nitrogens with zero attached hydrogens (tertiary/aromatic N) is 2. The third kappa shape index (κ3) is 5.44. The lowest BCUT2D eigenvalue weighted by molar-refractivity contribution is -0.182. The van der Waals surface area contributed by atoms with Crippen LogP contribution < -0.4 is 10.6 Å². The molecule has 0 bridgehead atoms. The van der Waals surface area contributed by atoms with Crippen molar-refractivity contribution in [3.05, 3.63) is 64.5 Å². The fraction of sp³-hybridized carbons (Fsp3) is 0.483. The molecule has 2 aromatic carbocycles. The summed E-state index contributed by atoms with van der Waals surface area (Å²) in [7, 11) is 0. The average molecular weight is 530 g/mol. The first-order valence-electron chi connectivity index (χ1n) is 15.8. The maximum atomic E-state index is 15.4. The minimum atomic E-state index is -3.40. The van der Waals surface area contributed by atoms with Crippen LogP contribution in [0.1, 0.15) is 77.1 Å². The summed E-state index contributed by atoms with van der Waals surface area (Å²) < 4.78 is 80.2. The lowest BCUT2D eigenvalue weighted by Crippen LogP contribution is -2.56. The molecule has 1 atom stereocenters. The lowest BCUT2D eigenvalue weighted by atomic mass is 9.98. The Hall–Kier alpha value is -3.30. The van der Waals surface area contributed by atoms with Crippen molar-refractivity contribution in [3.8, 4) is 0 Å². The first kappa shape index (κ1) is 18.9. The maximum Gasteiger partial charge on any atom is 0.255 e. The summed E-state index contributed by atoms with van der Waals surface area (Å²) in [5.74, 6) is -4.56. The Balaban J connectivity index is 1.37. The van der Waals surface area contributed by atoms with Crippen LogP contribution in [0.5, 0.6) is 0 Å². The number of piperidine rings is 1. The molecule has 38 heavy (non-hydrogen) atoms. The van der Waals surface area contributed by atoms with Crippen LogP contribution in [0.4, 0.5) is 10.1 Å². The summed E-state index contributed by atoms with van der Waals surface area (Å²) in [6.45, 7) is 5.58. The Morgan fingerprint density at radius 3 is 2.63 bits per heavy atom. The van der Waals surface area contributed by atoms with Gasteiger partial charge in [-0.15, -0.1) is 0 Å². The normalized spacial score (nSPS) is 30.5. The van der Waals surface area contributed by atoms with Crippen LogP contribution in [0.3, 0.4) is 0 Å². The number of morpholine rings is 1. The second-order valence-electron chi connectivity index (χ2n) is 10.9. The maximum absolute atomic E-state index is 15.4. The van der Waals surface area contributed by atoms with E-state index < -0.39 is 66.5 Å². The van der Waals surface area contributed by atoms with Gasteiger partial charge in [-0.25, -0.2) is 4.39 Å². The van der Waals surface area contributed by atoms with Gasteiger partial charge >= 0.3 is 0 Å². The van der Waals surface area contributed by atoms with Crippen molar-refractivity contribution in [3.63, 3.8) is 0 Å². The summed E-state index contributed by atoms with van der Waals surface area (Å²) in [6.07, 6.45) is -6.68. The number of fused-ring (bicyclic) bond motifs is 1. The molecule has 5 rings (SSSR count). The molecule has 1 unspecified atom stereocenters. The van der Waals surface area contributed by atoms with Gasteiger partial charge in [0.2, 0.25) is 11.8 Å². The zero-order valence-corrected chi connectivity index (χ0v) is 21.7. The highest BCUT2D eigenvalue weighted by molar-refractivity contribution is 6.06. The Morgan fingerprint density at radius 2 is 1.92 bits per heavy atom. The van der Waals surface area contributed by atoms with E-state index in [0.717, 1.165) is 6.07 Å². The predicted molar refractivity (Wildman–Crippen MR) is 141 cm³/mol. The van der Waals surface area contributed by atoms with Crippen LogP contribution in [-0.4, -0.2) is 57.8 Å². The van der Waals surface area contributed by atoms with Crippen LogP contribution in [0.25, 0.3) is 0 Å². The number of carbonyl (C=O) groups excluding carboxylic acids is 3. The van der Waals surface area contributed by atoms with Gasteiger partial charge in [0.25, 0.3) is 5.91 Å². The van der Waals surface area contributed by atoms with E-state index in [4.69, 9.17) is 14.3 Å². The summed E-state index contributed by atoms with van der Waals surface area (Å²) in [5, 5.41) is 4.72. The second kappa shape index (κ2) is 9.78. The molecule has 8 nitrogen and oxygen atoms in total. The number of rotatable bonds is 6. The first-order valence-corrected chi connectivity index (χ1v) is 12.3. The third-order valence-corrected chi connectivity index (χ3v) is 6.48. The van der Waals surface area contributed by atoms with Gasteiger partial charge in [-0.2, -0.15) is 0 Å². The summed E-state index contributed by atoms with van der Waals surface area (Å²) in [6, 6.07) is 5.52. The fourth-order valence-corrected chi connectivity index (χ4v) is 5.24. The zero-order chi connectivity index (χ0) is 33.5. The van der Waals surface area contributed by atoms with E-state index in [1.165, 1.54) is 24.3 Å². The van der Waals surface area contributed by atoms with Crippen molar-refractivity contribution >= 4 is 23.4 Å². The van der Waals surface area contributed by atoms with Gasteiger partial charge < -0.3 is 15.0 Å². The quantitative estimate of drug-likeness (QED) is 0.556. The molecule has 2 N–H and O–H groups in total. The number of hydrogen-bond acceptors (Lipinski definition) is 6. The molecule has 0 aromatic heterocycles. The van der Waals surface area contributed by atoms with Crippen molar-refractivity contribution in [2.24, 2.45) is 0 Å². The fourth-order valence-electron chi connectivity index (χ4n) is 5.24. The summed E-state index contributed by atoms with van der Waals surface area (Å²) >= 11 is 0. The Bertz CT molecular complexity index is 1590. The number of carbonyl (C=O) groups is 3. The highest BCUT2D eigenvalue weighted by Crippen LogP contribution is 2.33. The van der Waals surface area contributed by atoms with E-state index in [1.54, 1.807) is 16.3 Å². The minimum Gasteiger partial charge on any atom is -0.381 e. The van der Waals surface area contributed by atoms with Gasteiger partial charge in [0.15, 0.2) is 0 Å². The zero-order valence-electron chi connectivity index (χ0n) is 28.7. The second-order valence-corrected chi connectivity index (χ2v) is 10.9. The molecule has 0 radical (unpaired) electrons. The van der Waals surface area contributed by atoms with Crippen LogP contribution in [0, 0.1) is 5.82 Å². The van der Waals surface area contributed by atoms with E-state index in [9.17, 15) is 14.4 Å². The predicted octanol–water partition coefficient (Wildman–Crippen LogP) is 3.59. The molecule has 3 heterocycles. The van der Waals surface area contributed by atoms with E-state index in [-0.39, 0.29) is 28.8 Å². The number of hydrogen-bond donors (Lipinski definition) is 2. The monoisotopic (exact) mass is 529 g/mol. The molecule has 2 aromatic rings. The number of nitrogens with one attached hydrogen (secondary N) is 2. The SMILES string of the molecule is [2H]C([2H])(c1ccc(CNc2cccc3c2CN(C2([2H])C(=O)NC(=O)C([2H])([2H])C2([2H])[2H])C3=O)c(F)c1)N1CC(C)(C)OC(C)(C)C1. The lowest BCUT2D eigenvalue weighted by Gasteiger charge is -2.47. The highest BCUT2D eigenvalue weighted by Gasteiger charge is 2.40. The van der Waals surface area contributed by atoms with Crippen LogP contribution in [0.15, 0.2) is 36.4 Å². The van der Waals surface area contributed by atoms with E-state index in [1.807, 2.05) is 27.7 Å². The number of benzene rings is 2. The molecule has 3 aliphatic rings. The van der Waals surface area contributed by atoms with Crippen LogP contribution in [-0.2, 0) is 33.9 Å². The molecule has 202 valence electrons. The third-order valence-electron chi connectivity index (χ3n) is 6.48. The van der Waals surface area contributed by atoms with E-state index in [0.29, 0.717) is 23.7 Å². The van der Waals surface area contributed by atoms with Crippen LogP contribution in [0.2, 0.25) is 0 Å². The average Bonchev–Trinajstić information content (AvgIpc) is 3.26. The Kier molecular flexibility index (Phi) is 4.86. The molecule has 0 aliphatic carbocycles. The molecular formula is C29H35FN4O4. The topological polar surface area (TPSA) is 91.0 Å². The largest absolute Gasteiger partial charge is 0.381 e. The van der Waals surface area contributed by atoms with Crippen molar-refractivity contribution in [1.82, 2.24) is 15.1 Å². The standard InChI is InChI=1S/C29H35FN4O4/c1-28(2)16-33(17-29(3,4)38-28)14-18-8-9-19(22(30)12-18)13-31-23-7-5-6-20-21(23)15-34(27(20)37)24-10-11-25(35)32-26(24)36/h5-9,12,24,31H,10-11,13-17H2,1-4H3,(H,32,35,36)/i10D2,11D2,14D2,24D. The number of amides is 3. The molecule has 0 saturated carbocycles. The van der Waals surface area contributed by atoms with Crippen LogP contribution >= 0.6 is 0 Å². The van der Waals surface area contributed by atoms with Gasteiger partial charge in [0.05, 0.1) is 12.6 Å². The molecule has 9 heteroatoms. The Labute approximate surface area is 232 Å². The van der Waals surface area contributed by atoms with Crippen molar-refractivity contribution < 1.29 is 33.1 Å². The van der Waals surface area contributed by atoms with Gasteiger partial charge in [0, 0.05) is 69.7 Å². The smallest absolute Gasteiger partial charge is 0.255 e. The summed E-state index contributed by atoms with van der Waals surface area (Å²) in [5.41, 5.74) is -0.248. The Morgan fingerprint density at radius 1 is 1.18 bits per heavy atom. The van der Waals surface area contributed by atoms with E-state index in [2.05, 4.69) is 5.32 Å². The first-order chi connectivity index (χ1) is 20.5. The van der Waals surface area contributed by atoms with Gasteiger partial charge in [-0.1, -0.05) is 18.2 Å². The molecule has 2 saturated heterocycles. The number of anilines is 1. The van der Waals surface area contributed by atoms with E-state index >= 15 is 4.39 Å². The molecule has 2 fully saturated rings. The number of halogens is 1. The molecule has 3 aliphatic heterocycles. The number of imide groups is 1. The molecule has 3 amide bonds. The summed E-state index contributed by atoms with van der Waals surface area (Å²) in [4.78, 5) is 40.4. The highest BCUT2D eigenvalue weighted by atomic mass is 19.1. The number of ether oxygens (including phenoxy) is 1. The van der Waals surface area contributed by atoms with Crippen molar-refractivity contribution in [2.75, 3.05) is 18.4 Å². The molecule has 0 spiro atoms. The van der Waals surface area contributed by atoms with Crippen molar-refractivity contribution in [1.29, 1.82) is 0 Å². The van der Waals surface area contributed by atoms with Gasteiger partial charge in [-0.05, 0) is 57.8 Å². The van der Waals surface area contributed by atoms with Gasteiger partial charge in [-0.3, -0.25) is 24.6 Å². The minimum absolute atomic E-state index is 0.0352. The molecular weight excluding hydrogens is 487 g/mol.